The number of esters is 1. The maximum atomic E-state index is 11.9. The van der Waals surface area contributed by atoms with Crippen molar-refractivity contribution in [3.8, 4) is 10.4 Å². The van der Waals surface area contributed by atoms with Gasteiger partial charge >= 0.3 is 5.97 Å². The predicted octanol–water partition coefficient (Wildman–Crippen LogP) is 1.89. The van der Waals surface area contributed by atoms with Crippen LogP contribution in [0.3, 0.4) is 0 Å². The van der Waals surface area contributed by atoms with Crippen LogP contribution in [-0.4, -0.2) is 23.5 Å². The third-order valence-corrected chi connectivity index (χ3v) is 3.34. The number of thiazole rings is 1. The summed E-state index contributed by atoms with van der Waals surface area (Å²) in [5.74, 6) is -0.589. The molecule has 0 saturated heterocycles. The number of guanidine groups is 1. The molecule has 0 saturated carbocycles. The molecule has 0 atom stereocenters. The molecule has 0 spiro atoms. The third kappa shape index (κ3) is 3.12. The second-order valence-electron chi connectivity index (χ2n) is 3.80. The summed E-state index contributed by atoms with van der Waals surface area (Å²) in [5.41, 5.74) is 11.8. The van der Waals surface area contributed by atoms with E-state index in [9.17, 15) is 4.79 Å². The highest BCUT2D eigenvalue weighted by atomic mass is 32.1. The zero-order valence-corrected chi connectivity index (χ0v) is 11.7. The molecular weight excluding hydrogens is 276 g/mol. The molecule has 20 heavy (non-hydrogen) atoms. The van der Waals surface area contributed by atoms with Crippen molar-refractivity contribution in [2.75, 3.05) is 6.61 Å². The Morgan fingerprint density at radius 3 is 2.65 bits per heavy atom. The van der Waals surface area contributed by atoms with Crippen LogP contribution >= 0.6 is 11.3 Å². The van der Waals surface area contributed by atoms with E-state index in [0.29, 0.717) is 10.0 Å². The first-order valence-electron chi connectivity index (χ1n) is 5.94. The molecule has 0 radical (unpaired) electrons. The average Bonchev–Trinajstić information content (AvgIpc) is 2.83. The minimum atomic E-state index is -0.486. The molecule has 1 heterocycles. The summed E-state index contributed by atoms with van der Waals surface area (Å²) in [6.07, 6.45) is 0. The second kappa shape index (κ2) is 6.16. The van der Waals surface area contributed by atoms with Crippen molar-refractivity contribution in [3.63, 3.8) is 0 Å². The van der Waals surface area contributed by atoms with Crippen LogP contribution in [0.5, 0.6) is 0 Å². The Labute approximate surface area is 120 Å². The fourth-order valence-corrected chi connectivity index (χ4v) is 2.54. The van der Waals surface area contributed by atoms with Gasteiger partial charge in [-0.05, 0) is 12.5 Å². The van der Waals surface area contributed by atoms with Crippen LogP contribution < -0.4 is 11.5 Å². The van der Waals surface area contributed by atoms with E-state index in [-0.39, 0.29) is 18.3 Å². The smallest absolute Gasteiger partial charge is 0.358 e. The average molecular weight is 290 g/mol. The van der Waals surface area contributed by atoms with Gasteiger partial charge in [-0.15, -0.1) is 0 Å². The molecule has 104 valence electrons. The highest BCUT2D eigenvalue weighted by molar-refractivity contribution is 7.19. The van der Waals surface area contributed by atoms with Gasteiger partial charge in [0.15, 0.2) is 11.7 Å². The molecule has 4 N–H and O–H groups in total. The Morgan fingerprint density at radius 1 is 1.35 bits per heavy atom. The molecule has 2 rings (SSSR count). The van der Waals surface area contributed by atoms with E-state index in [1.807, 2.05) is 30.3 Å². The number of aliphatic imine (C=N–C) groups is 1. The maximum Gasteiger partial charge on any atom is 0.358 e. The van der Waals surface area contributed by atoms with Crippen molar-refractivity contribution in [2.45, 2.75) is 6.92 Å². The van der Waals surface area contributed by atoms with Crippen LogP contribution in [0, 0.1) is 0 Å². The number of carbonyl (C=O) groups excluding carboxylic acids is 1. The fraction of sp³-hybridized carbons (Fsp3) is 0.154. The number of hydrogen-bond acceptors (Lipinski definition) is 5. The number of nitrogens with zero attached hydrogens (tertiary/aromatic N) is 2. The standard InChI is InChI=1S/C13H14N4O2S/c1-2-19-11(18)9-10(8-6-4-3-5-7-8)20-13(16-9)17-12(14)15/h3-7H,2H2,1H3,(H4,14,15,16,17). The largest absolute Gasteiger partial charge is 0.461 e. The first-order chi connectivity index (χ1) is 9.61. The van der Waals surface area contributed by atoms with Crippen LogP contribution in [0.15, 0.2) is 35.3 Å². The van der Waals surface area contributed by atoms with E-state index < -0.39 is 5.97 Å². The van der Waals surface area contributed by atoms with E-state index in [2.05, 4.69) is 9.98 Å². The number of aromatic nitrogens is 1. The minimum absolute atomic E-state index is 0.103. The van der Waals surface area contributed by atoms with Gasteiger partial charge in [-0.25, -0.2) is 9.78 Å². The highest BCUT2D eigenvalue weighted by Gasteiger charge is 2.20. The first-order valence-corrected chi connectivity index (χ1v) is 6.76. The molecule has 0 unspecified atom stereocenters. The van der Waals surface area contributed by atoms with Crippen LogP contribution in [-0.2, 0) is 4.74 Å². The lowest BCUT2D eigenvalue weighted by Crippen LogP contribution is -2.21. The molecule has 2 aromatic rings. The van der Waals surface area contributed by atoms with Crippen molar-refractivity contribution < 1.29 is 9.53 Å². The SMILES string of the molecule is CCOC(=O)c1nc(N=C(N)N)sc1-c1ccccc1. The number of ether oxygens (including phenoxy) is 1. The summed E-state index contributed by atoms with van der Waals surface area (Å²) in [5, 5.41) is 0.326. The van der Waals surface area contributed by atoms with Gasteiger partial charge in [-0.3, -0.25) is 0 Å². The van der Waals surface area contributed by atoms with Crippen molar-refractivity contribution in [2.24, 2.45) is 16.5 Å². The number of rotatable bonds is 4. The lowest BCUT2D eigenvalue weighted by Gasteiger charge is -2.01. The van der Waals surface area contributed by atoms with Gasteiger partial charge in [-0.2, -0.15) is 4.99 Å². The summed E-state index contributed by atoms with van der Waals surface area (Å²) in [4.78, 5) is 20.7. The molecule has 7 heteroatoms. The molecular formula is C13H14N4O2S. The number of nitrogens with two attached hydrogens (primary N) is 2. The Balaban J connectivity index is 2.50. The molecule has 1 aromatic heterocycles. The second-order valence-corrected chi connectivity index (χ2v) is 4.77. The van der Waals surface area contributed by atoms with E-state index in [0.717, 1.165) is 5.56 Å². The maximum absolute atomic E-state index is 11.9. The molecule has 0 aliphatic rings. The molecule has 0 aliphatic carbocycles. The van der Waals surface area contributed by atoms with Gasteiger partial charge in [0, 0.05) is 0 Å². The number of hydrogen-bond donors (Lipinski definition) is 2. The lowest BCUT2D eigenvalue weighted by molar-refractivity contribution is 0.0521. The van der Waals surface area contributed by atoms with Gasteiger partial charge in [-0.1, -0.05) is 41.7 Å². The normalized spacial score (nSPS) is 10.1. The van der Waals surface area contributed by atoms with Crippen molar-refractivity contribution in [1.82, 2.24) is 4.98 Å². The van der Waals surface area contributed by atoms with Crippen LogP contribution in [0.25, 0.3) is 10.4 Å². The van der Waals surface area contributed by atoms with Crippen molar-refractivity contribution in [1.29, 1.82) is 0 Å². The van der Waals surface area contributed by atoms with Gasteiger partial charge in [0.1, 0.15) is 0 Å². The van der Waals surface area contributed by atoms with Gasteiger partial charge in [0.2, 0.25) is 5.13 Å². The molecule has 0 bridgehead atoms. The summed E-state index contributed by atoms with van der Waals surface area (Å²) in [6, 6.07) is 9.42. The van der Waals surface area contributed by atoms with Crippen LogP contribution in [0.2, 0.25) is 0 Å². The van der Waals surface area contributed by atoms with E-state index in [1.165, 1.54) is 11.3 Å². The zero-order valence-electron chi connectivity index (χ0n) is 10.9. The summed E-state index contributed by atoms with van der Waals surface area (Å²) in [7, 11) is 0. The van der Waals surface area contributed by atoms with E-state index in [4.69, 9.17) is 16.2 Å². The fourth-order valence-electron chi connectivity index (χ4n) is 1.59. The Morgan fingerprint density at radius 2 is 2.05 bits per heavy atom. The molecule has 0 fully saturated rings. The van der Waals surface area contributed by atoms with E-state index >= 15 is 0 Å². The summed E-state index contributed by atoms with van der Waals surface area (Å²) >= 11 is 1.24. The molecule has 0 aliphatic heterocycles. The first kappa shape index (κ1) is 14.0. The minimum Gasteiger partial charge on any atom is -0.461 e. The summed E-state index contributed by atoms with van der Waals surface area (Å²) < 4.78 is 5.00. The molecule has 6 nitrogen and oxygen atoms in total. The van der Waals surface area contributed by atoms with E-state index in [1.54, 1.807) is 6.92 Å². The third-order valence-electron chi connectivity index (χ3n) is 2.35. The van der Waals surface area contributed by atoms with Gasteiger partial charge < -0.3 is 16.2 Å². The van der Waals surface area contributed by atoms with Crippen molar-refractivity contribution in [3.05, 3.63) is 36.0 Å². The van der Waals surface area contributed by atoms with Crippen LogP contribution in [0.4, 0.5) is 5.13 Å². The monoisotopic (exact) mass is 290 g/mol. The van der Waals surface area contributed by atoms with Gasteiger partial charge in [0.25, 0.3) is 0 Å². The Bertz CT molecular complexity index is 633. The molecule has 1 aromatic carbocycles. The van der Waals surface area contributed by atoms with Crippen LogP contribution in [0.1, 0.15) is 17.4 Å². The quantitative estimate of drug-likeness (QED) is 0.508. The van der Waals surface area contributed by atoms with Crippen molar-refractivity contribution >= 4 is 28.4 Å². The predicted molar refractivity (Wildman–Crippen MR) is 79.0 cm³/mol. The Hall–Kier alpha value is -2.41. The number of benzene rings is 1. The molecule has 0 amide bonds. The number of carbonyl (C=O) groups is 1. The summed E-state index contributed by atoms with van der Waals surface area (Å²) in [6.45, 7) is 2.02. The zero-order chi connectivity index (χ0) is 14.5. The Kier molecular flexibility index (Phi) is 4.31. The van der Waals surface area contributed by atoms with Gasteiger partial charge in [0.05, 0.1) is 11.5 Å². The lowest BCUT2D eigenvalue weighted by atomic mass is 10.1. The highest BCUT2D eigenvalue weighted by Crippen LogP contribution is 2.34. The topological polar surface area (TPSA) is 104 Å².